The Balaban J connectivity index is 2.25. The summed E-state index contributed by atoms with van der Waals surface area (Å²) in [5.41, 5.74) is 0.860. The lowest BCUT2D eigenvalue weighted by atomic mass is 10.1. The van der Waals surface area contributed by atoms with Crippen molar-refractivity contribution in [3.63, 3.8) is 0 Å². The highest BCUT2D eigenvalue weighted by molar-refractivity contribution is 7.88. The summed E-state index contributed by atoms with van der Waals surface area (Å²) < 4.78 is 24.9. The van der Waals surface area contributed by atoms with Gasteiger partial charge in [0.2, 0.25) is 10.0 Å². The third kappa shape index (κ3) is 6.78. The van der Waals surface area contributed by atoms with Crippen LogP contribution >= 0.6 is 11.3 Å². The van der Waals surface area contributed by atoms with Crippen LogP contribution in [-0.4, -0.2) is 33.3 Å². The van der Waals surface area contributed by atoms with Crippen LogP contribution in [0.5, 0.6) is 0 Å². The second-order valence-corrected chi connectivity index (χ2v) is 7.34. The van der Waals surface area contributed by atoms with Gasteiger partial charge in [0.25, 0.3) is 0 Å². The van der Waals surface area contributed by atoms with E-state index in [-0.39, 0.29) is 0 Å². The zero-order chi connectivity index (χ0) is 12.9. The third-order valence-corrected chi connectivity index (χ3v) is 3.85. The van der Waals surface area contributed by atoms with Crippen molar-refractivity contribution in [2.24, 2.45) is 0 Å². The fourth-order valence-corrected chi connectivity index (χ4v) is 3.39. The molecule has 0 saturated carbocycles. The van der Waals surface area contributed by atoms with Gasteiger partial charge in [-0.2, -0.15) is 11.3 Å². The normalized spacial score (nSPS) is 12.9. The van der Waals surface area contributed by atoms with Crippen molar-refractivity contribution in [2.75, 3.05) is 19.3 Å². The summed E-state index contributed by atoms with van der Waals surface area (Å²) in [5, 5.41) is 7.45. The van der Waals surface area contributed by atoms with E-state index in [1.807, 2.05) is 13.8 Å². The van der Waals surface area contributed by atoms with Gasteiger partial charge in [0.05, 0.1) is 6.26 Å². The van der Waals surface area contributed by atoms with Crippen molar-refractivity contribution in [3.05, 3.63) is 22.4 Å². The Labute approximate surface area is 107 Å². The summed E-state index contributed by atoms with van der Waals surface area (Å²) >= 11 is 1.69. The average Bonchev–Trinajstić information content (AvgIpc) is 2.60. The first-order valence-electron chi connectivity index (χ1n) is 5.49. The molecular formula is C11H20N2O2S2. The summed E-state index contributed by atoms with van der Waals surface area (Å²) in [4.78, 5) is 0. The van der Waals surface area contributed by atoms with Crippen LogP contribution in [0.2, 0.25) is 0 Å². The van der Waals surface area contributed by atoms with Crippen molar-refractivity contribution in [1.29, 1.82) is 0 Å². The maximum Gasteiger partial charge on any atom is 0.209 e. The maximum atomic E-state index is 11.1. The maximum absolute atomic E-state index is 11.1. The molecule has 0 fully saturated rings. The van der Waals surface area contributed by atoms with E-state index in [4.69, 9.17) is 0 Å². The van der Waals surface area contributed by atoms with Gasteiger partial charge >= 0.3 is 0 Å². The third-order valence-electron chi connectivity index (χ3n) is 2.20. The highest BCUT2D eigenvalue weighted by atomic mass is 32.2. The minimum Gasteiger partial charge on any atom is -0.315 e. The molecule has 0 radical (unpaired) electrons. The number of hydrogen-bond acceptors (Lipinski definition) is 4. The lowest BCUT2D eigenvalue weighted by Gasteiger charge is -2.25. The molecule has 0 bridgehead atoms. The topological polar surface area (TPSA) is 58.2 Å². The molecule has 1 rings (SSSR count). The van der Waals surface area contributed by atoms with Crippen molar-refractivity contribution in [3.8, 4) is 0 Å². The smallest absolute Gasteiger partial charge is 0.209 e. The molecule has 0 aliphatic carbocycles. The van der Waals surface area contributed by atoms with Crippen molar-refractivity contribution < 1.29 is 8.42 Å². The molecule has 4 nitrogen and oxygen atoms in total. The monoisotopic (exact) mass is 276 g/mol. The van der Waals surface area contributed by atoms with Crippen LogP contribution in [0, 0.1) is 0 Å². The Hall–Kier alpha value is -0.430. The molecule has 0 aliphatic rings. The van der Waals surface area contributed by atoms with Crippen molar-refractivity contribution in [1.82, 2.24) is 10.0 Å². The number of sulfonamides is 1. The predicted molar refractivity (Wildman–Crippen MR) is 73.0 cm³/mol. The summed E-state index contributed by atoms with van der Waals surface area (Å²) in [6.07, 6.45) is 2.15. The lowest BCUT2D eigenvalue weighted by Crippen LogP contribution is -2.50. The number of nitrogens with one attached hydrogen (secondary N) is 2. The number of hydrogen-bond donors (Lipinski definition) is 2. The molecule has 1 aromatic heterocycles. The van der Waals surface area contributed by atoms with Gasteiger partial charge in [0.1, 0.15) is 0 Å². The summed E-state index contributed by atoms with van der Waals surface area (Å²) in [6.45, 7) is 5.20. The molecule has 98 valence electrons. The SMILES string of the molecule is CC(C)(CNCCc1ccsc1)NS(C)(=O)=O. The van der Waals surface area contributed by atoms with Crippen LogP contribution in [0.4, 0.5) is 0 Å². The van der Waals surface area contributed by atoms with Crippen LogP contribution in [0.15, 0.2) is 16.8 Å². The second-order valence-electron chi connectivity index (χ2n) is 4.82. The van der Waals surface area contributed by atoms with Gasteiger partial charge in [0, 0.05) is 12.1 Å². The van der Waals surface area contributed by atoms with Gasteiger partial charge in [0.15, 0.2) is 0 Å². The Morgan fingerprint density at radius 3 is 2.65 bits per heavy atom. The zero-order valence-electron chi connectivity index (χ0n) is 10.5. The highest BCUT2D eigenvalue weighted by Crippen LogP contribution is 2.06. The molecule has 0 unspecified atom stereocenters. The van der Waals surface area contributed by atoms with E-state index >= 15 is 0 Å². The molecule has 0 spiro atoms. The van der Waals surface area contributed by atoms with Gasteiger partial charge in [-0.05, 0) is 49.2 Å². The van der Waals surface area contributed by atoms with Crippen LogP contribution in [-0.2, 0) is 16.4 Å². The first kappa shape index (κ1) is 14.6. The Morgan fingerprint density at radius 2 is 2.12 bits per heavy atom. The van der Waals surface area contributed by atoms with Crippen LogP contribution < -0.4 is 10.0 Å². The minimum atomic E-state index is -3.15. The van der Waals surface area contributed by atoms with Crippen LogP contribution in [0.3, 0.4) is 0 Å². The van der Waals surface area contributed by atoms with Gasteiger partial charge in [-0.25, -0.2) is 13.1 Å². The summed E-state index contributed by atoms with van der Waals surface area (Å²) in [5.74, 6) is 0. The fraction of sp³-hybridized carbons (Fsp3) is 0.636. The molecule has 6 heteroatoms. The van der Waals surface area contributed by atoms with Crippen LogP contribution in [0.1, 0.15) is 19.4 Å². The second kappa shape index (κ2) is 5.95. The first-order valence-corrected chi connectivity index (χ1v) is 8.33. The minimum absolute atomic E-state index is 0.456. The molecule has 0 amide bonds. The lowest BCUT2D eigenvalue weighted by molar-refractivity contribution is 0.423. The molecule has 1 aromatic rings. The Morgan fingerprint density at radius 1 is 1.41 bits per heavy atom. The largest absolute Gasteiger partial charge is 0.315 e. The average molecular weight is 276 g/mol. The quantitative estimate of drug-likeness (QED) is 0.736. The fourth-order valence-electron chi connectivity index (χ4n) is 1.61. The standard InChI is InChI=1S/C11H20N2O2S2/c1-11(2,13-17(3,14)15)9-12-6-4-10-5-7-16-8-10/h5,7-8,12-13H,4,6,9H2,1-3H3. The summed E-state index contributed by atoms with van der Waals surface area (Å²) in [7, 11) is -3.15. The molecule has 17 heavy (non-hydrogen) atoms. The van der Waals surface area contributed by atoms with E-state index < -0.39 is 15.6 Å². The van der Waals surface area contributed by atoms with Crippen molar-refractivity contribution in [2.45, 2.75) is 25.8 Å². The van der Waals surface area contributed by atoms with Gasteiger partial charge < -0.3 is 5.32 Å². The number of rotatable bonds is 7. The van der Waals surface area contributed by atoms with Crippen LogP contribution in [0.25, 0.3) is 0 Å². The zero-order valence-corrected chi connectivity index (χ0v) is 12.1. The molecular weight excluding hydrogens is 256 g/mol. The predicted octanol–water partition coefficient (Wildman–Crippen LogP) is 1.21. The molecule has 2 N–H and O–H groups in total. The van der Waals surface area contributed by atoms with E-state index in [9.17, 15) is 8.42 Å². The van der Waals surface area contributed by atoms with E-state index in [0.717, 1.165) is 13.0 Å². The molecule has 0 saturated heterocycles. The molecule has 1 heterocycles. The van der Waals surface area contributed by atoms with Gasteiger partial charge in [-0.15, -0.1) is 0 Å². The van der Waals surface area contributed by atoms with Gasteiger partial charge in [-0.3, -0.25) is 0 Å². The van der Waals surface area contributed by atoms with E-state index in [1.54, 1.807) is 11.3 Å². The molecule has 0 aromatic carbocycles. The highest BCUT2D eigenvalue weighted by Gasteiger charge is 2.21. The Bertz CT molecular complexity index is 424. The van der Waals surface area contributed by atoms with Gasteiger partial charge in [-0.1, -0.05) is 0 Å². The van der Waals surface area contributed by atoms with E-state index in [0.29, 0.717) is 6.54 Å². The Kier molecular flexibility index (Phi) is 5.12. The number of thiophene rings is 1. The molecule has 0 atom stereocenters. The summed E-state index contributed by atoms with van der Waals surface area (Å²) in [6, 6.07) is 2.10. The van der Waals surface area contributed by atoms with E-state index in [1.165, 1.54) is 11.8 Å². The van der Waals surface area contributed by atoms with E-state index in [2.05, 4.69) is 26.9 Å². The molecule has 0 aliphatic heterocycles. The van der Waals surface area contributed by atoms with Crippen molar-refractivity contribution >= 4 is 21.4 Å². The first-order chi connectivity index (χ1) is 7.79.